The number of carbonyl (C=O) groups excluding carboxylic acids is 1. The van der Waals surface area contributed by atoms with Crippen LogP contribution in [-0.4, -0.2) is 12.9 Å². The van der Waals surface area contributed by atoms with Gasteiger partial charge in [-0.3, -0.25) is 4.79 Å². The zero-order valence-corrected chi connectivity index (χ0v) is 9.64. The second-order valence-corrected chi connectivity index (χ2v) is 3.81. The molecule has 1 rings (SSSR count). The number of benzene rings is 1. The molecule has 0 aliphatic heterocycles. The summed E-state index contributed by atoms with van der Waals surface area (Å²) in [5.74, 6) is 0.490. The Labute approximate surface area is 95.6 Å². The van der Waals surface area contributed by atoms with Gasteiger partial charge in [-0.15, -0.1) is 0 Å². The molecule has 1 aromatic rings. The fourth-order valence-electron chi connectivity index (χ4n) is 0.962. The first kappa shape index (κ1) is 11.3. The van der Waals surface area contributed by atoms with Crippen LogP contribution in [0.5, 0.6) is 5.75 Å². The molecule has 2 nitrogen and oxygen atoms in total. The van der Waals surface area contributed by atoms with Crippen molar-refractivity contribution in [2.45, 2.75) is 0 Å². The molecule has 0 saturated heterocycles. The highest BCUT2D eigenvalue weighted by Crippen LogP contribution is 2.31. The molecule has 0 fully saturated rings. The smallest absolute Gasteiger partial charge is 0.153 e. The summed E-state index contributed by atoms with van der Waals surface area (Å²) >= 11 is 9.04. The van der Waals surface area contributed by atoms with Gasteiger partial charge in [0.05, 0.1) is 10.0 Å². The minimum absolute atomic E-state index is 0.348. The van der Waals surface area contributed by atoms with Crippen LogP contribution in [0.15, 0.2) is 29.3 Å². The van der Waals surface area contributed by atoms with E-state index in [-0.39, 0.29) is 0 Å². The van der Waals surface area contributed by atoms with Crippen LogP contribution in [0.3, 0.4) is 0 Å². The molecule has 0 bridgehead atoms. The van der Waals surface area contributed by atoms with Gasteiger partial charge in [-0.2, -0.15) is 0 Å². The zero-order chi connectivity index (χ0) is 10.6. The van der Waals surface area contributed by atoms with E-state index in [1.807, 2.05) is 0 Å². The molecule has 0 atom stereocenters. The SMILES string of the molecule is C=CCOc1c(Br)cc(Cl)cc1C=O. The molecular formula is C10H8BrClO2. The molecular weight excluding hydrogens is 267 g/mol. The molecule has 0 aromatic heterocycles. The minimum Gasteiger partial charge on any atom is -0.488 e. The monoisotopic (exact) mass is 274 g/mol. The summed E-state index contributed by atoms with van der Waals surface area (Å²) in [5.41, 5.74) is 0.422. The molecule has 0 radical (unpaired) electrons. The van der Waals surface area contributed by atoms with Crippen molar-refractivity contribution >= 4 is 33.8 Å². The number of ether oxygens (including phenoxy) is 1. The van der Waals surface area contributed by atoms with E-state index in [9.17, 15) is 4.79 Å². The molecule has 0 saturated carbocycles. The van der Waals surface area contributed by atoms with E-state index in [1.54, 1.807) is 18.2 Å². The van der Waals surface area contributed by atoms with Crippen LogP contribution in [0.25, 0.3) is 0 Å². The highest BCUT2D eigenvalue weighted by Gasteiger charge is 2.08. The normalized spacial score (nSPS) is 9.57. The largest absolute Gasteiger partial charge is 0.488 e. The third kappa shape index (κ3) is 2.59. The average Bonchev–Trinajstić information content (AvgIpc) is 2.15. The molecule has 0 amide bonds. The van der Waals surface area contributed by atoms with E-state index < -0.39 is 0 Å². The summed E-state index contributed by atoms with van der Waals surface area (Å²) in [6.07, 6.45) is 2.31. The molecule has 74 valence electrons. The Hall–Kier alpha value is -0.800. The highest BCUT2D eigenvalue weighted by molar-refractivity contribution is 9.10. The fourth-order valence-corrected chi connectivity index (χ4v) is 1.91. The number of aldehydes is 1. The molecule has 4 heteroatoms. The maximum absolute atomic E-state index is 10.7. The molecule has 0 spiro atoms. The minimum atomic E-state index is 0.348. The number of hydrogen-bond acceptors (Lipinski definition) is 2. The number of halogens is 2. The molecule has 0 aliphatic rings. The van der Waals surface area contributed by atoms with E-state index in [4.69, 9.17) is 16.3 Å². The molecule has 14 heavy (non-hydrogen) atoms. The first-order valence-electron chi connectivity index (χ1n) is 3.87. The maximum atomic E-state index is 10.7. The van der Waals surface area contributed by atoms with Gasteiger partial charge in [-0.05, 0) is 28.1 Å². The van der Waals surface area contributed by atoms with Crippen molar-refractivity contribution in [2.24, 2.45) is 0 Å². The summed E-state index contributed by atoms with van der Waals surface area (Å²) in [7, 11) is 0. The number of carbonyl (C=O) groups is 1. The van der Waals surface area contributed by atoms with Crippen LogP contribution >= 0.6 is 27.5 Å². The van der Waals surface area contributed by atoms with Crippen LogP contribution in [0.2, 0.25) is 5.02 Å². The van der Waals surface area contributed by atoms with Crippen LogP contribution < -0.4 is 4.74 Å². The van der Waals surface area contributed by atoms with Crippen LogP contribution in [0.1, 0.15) is 10.4 Å². The standard InChI is InChI=1S/C10H8BrClO2/c1-2-3-14-10-7(6-13)4-8(12)5-9(10)11/h2,4-6H,1,3H2. The number of hydrogen-bond donors (Lipinski definition) is 0. The van der Waals surface area contributed by atoms with Gasteiger partial charge in [-0.25, -0.2) is 0 Å². The van der Waals surface area contributed by atoms with E-state index in [0.717, 1.165) is 0 Å². The lowest BCUT2D eigenvalue weighted by molar-refractivity contribution is 0.112. The molecule has 0 unspecified atom stereocenters. The number of rotatable bonds is 4. The van der Waals surface area contributed by atoms with Crippen molar-refractivity contribution in [2.75, 3.05) is 6.61 Å². The second kappa shape index (κ2) is 5.17. The summed E-state index contributed by atoms with van der Waals surface area (Å²) < 4.78 is 5.97. The first-order chi connectivity index (χ1) is 6.69. The van der Waals surface area contributed by atoms with Gasteiger partial charge < -0.3 is 4.74 Å². The second-order valence-electron chi connectivity index (χ2n) is 2.52. The Morgan fingerprint density at radius 1 is 1.57 bits per heavy atom. The molecule has 1 aromatic carbocycles. The van der Waals surface area contributed by atoms with E-state index in [1.165, 1.54) is 0 Å². The third-order valence-corrected chi connectivity index (χ3v) is 2.32. The van der Waals surface area contributed by atoms with Crippen molar-refractivity contribution < 1.29 is 9.53 Å². The van der Waals surface area contributed by atoms with E-state index >= 15 is 0 Å². The Bertz CT molecular complexity index is 363. The first-order valence-corrected chi connectivity index (χ1v) is 5.04. The van der Waals surface area contributed by atoms with Gasteiger partial charge in [0.25, 0.3) is 0 Å². The van der Waals surface area contributed by atoms with Gasteiger partial charge in [0.2, 0.25) is 0 Å². The summed E-state index contributed by atoms with van der Waals surface area (Å²) in [6, 6.07) is 3.23. The Balaban J connectivity index is 3.11. The van der Waals surface area contributed by atoms with Gasteiger partial charge >= 0.3 is 0 Å². The van der Waals surface area contributed by atoms with Gasteiger partial charge in [0.1, 0.15) is 12.4 Å². The average molecular weight is 276 g/mol. The van der Waals surface area contributed by atoms with Crippen LogP contribution in [0, 0.1) is 0 Å². The lowest BCUT2D eigenvalue weighted by Gasteiger charge is -2.08. The van der Waals surface area contributed by atoms with Crippen molar-refractivity contribution in [3.8, 4) is 5.75 Å². The lowest BCUT2D eigenvalue weighted by atomic mass is 10.2. The molecule has 0 aliphatic carbocycles. The predicted molar refractivity (Wildman–Crippen MR) is 60.2 cm³/mol. The van der Waals surface area contributed by atoms with Gasteiger partial charge in [-0.1, -0.05) is 24.3 Å². The molecule has 0 N–H and O–H groups in total. The third-order valence-electron chi connectivity index (χ3n) is 1.51. The topological polar surface area (TPSA) is 26.3 Å². The quantitative estimate of drug-likeness (QED) is 0.621. The van der Waals surface area contributed by atoms with E-state index in [2.05, 4.69) is 22.5 Å². The Kier molecular flexibility index (Phi) is 4.17. The van der Waals surface area contributed by atoms with Crippen molar-refractivity contribution in [3.63, 3.8) is 0 Å². The van der Waals surface area contributed by atoms with Gasteiger partial charge in [0, 0.05) is 5.02 Å². The van der Waals surface area contributed by atoms with Gasteiger partial charge in [0.15, 0.2) is 6.29 Å². The van der Waals surface area contributed by atoms with Crippen LogP contribution in [0.4, 0.5) is 0 Å². The summed E-state index contributed by atoms with van der Waals surface area (Å²) in [4.78, 5) is 10.7. The van der Waals surface area contributed by atoms with E-state index in [0.29, 0.717) is 33.7 Å². The van der Waals surface area contributed by atoms with Crippen molar-refractivity contribution in [3.05, 3.63) is 39.8 Å². The highest BCUT2D eigenvalue weighted by atomic mass is 79.9. The molecule has 0 heterocycles. The maximum Gasteiger partial charge on any atom is 0.153 e. The Morgan fingerprint density at radius 3 is 2.86 bits per heavy atom. The lowest BCUT2D eigenvalue weighted by Crippen LogP contribution is -1.97. The summed E-state index contributed by atoms with van der Waals surface area (Å²) in [6.45, 7) is 3.87. The summed E-state index contributed by atoms with van der Waals surface area (Å²) in [5, 5.41) is 0.491. The Morgan fingerprint density at radius 2 is 2.29 bits per heavy atom. The fraction of sp³-hybridized carbons (Fsp3) is 0.100. The predicted octanol–water partition coefficient (Wildman–Crippen LogP) is 3.48. The zero-order valence-electron chi connectivity index (χ0n) is 7.30. The van der Waals surface area contributed by atoms with Crippen molar-refractivity contribution in [1.82, 2.24) is 0 Å². The van der Waals surface area contributed by atoms with Crippen LogP contribution in [-0.2, 0) is 0 Å². The van der Waals surface area contributed by atoms with Crippen molar-refractivity contribution in [1.29, 1.82) is 0 Å².